The molecule has 1 aliphatic rings. The first-order chi connectivity index (χ1) is 14.2. The molecule has 7 nitrogen and oxygen atoms in total. The lowest BCUT2D eigenvalue weighted by molar-refractivity contribution is -0.137. The number of aromatic nitrogens is 3. The van der Waals surface area contributed by atoms with Crippen LogP contribution >= 0.6 is 0 Å². The zero-order valence-corrected chi connectivity index (χ0v) is 15.7. The standard InChI is InChI=1S/C20H16F3N5O2/c1-11-6-8-12(9-7-11)17-25-19-26-18(30)15(28(19)27-17)10-16(29)24-14-5-3-2-4-13(14)20(21,22)23/h2-9,15H,10H2,1H3,(H,24,29)(H,25,26,27,30)/t15-/m1/s1. The second-order valence-corrected chi connectivity index (χ2v) is 6.87. The van der Waals surface area contributed by atoms with Crippen LogP contribution in [0.5, 0.6) is 0 Å². The van der Waals surface area contributed by atoms with E-state index in [9.17, 15) is 22.8 Å². The summed E-state index contributed by atoms with van der Waals surface area (Å²) in [6.07, 6.45) is -5.00. The van der Waals surface area contributed by atoms with Crippen LogP contribution < -0.4 is 10.6 Å². The fourth-order valence-corrected chi connectivity index (χ4v) is 3.15. The summed E-state index contributed by atoms with van der Waals surface area (Å²) >= 11 is 0. The number of nitrogens with one attached hydrogen (secondary N) is 2. The first-order valence-electron chi connectivity index (χ1n) is 9.03. The van der Waals surface area contributed by atoms with Crippen LogP contribution in [0.25, 0.3) is 11.4 Å². The molecule has 0 spiro atoms. The number of para-hydroxylation sites is 1. The lowest BCUT2D eigenvalue weighted by Crippen LogP contribution is -2.24. The SMILES string of the molecule is Cc1ccc(-c2nc3n(n2)[C@H](CC(=O)Nc2ccccc2C(F)(F)F)C(=O)N3)cc1. The van der Waals surface area contributed by atoms with E-state index in [-0.39, 0.29) is 18.1 Å². The highest BCUT2D eigenvalue weighted by molar-refractivity contribution is 6.01. The fourth-order valence-electron chi connectivity index (χ4n) is 3.15. The molecule has 10 heteroatoms. The Labute approximate surface area is 168 Å². The first-order valence-corrected chi connectivity index (χ1v) is 9.03. The van der Waals surface area contributed by atoms with Crippen molar-refractivity contribution in [2.24, 2.45) is 0 Å². The highest BCUT2D eigenvalue weighted by atomic mass is 19.4. The third-order valence-electron chi connectivity index (χ3n) is 4.66. The predicted octanol–water partition coefficient (Wildman–Crippen LogP) is 3.79. The average Bonchev–Trinajstić information content (AvgIpc) is 3.21. The van der Waals surface area contributed by atoms with Gasteiger partial charge >= 0.3 is 6.18 Å². The van der Waals surface area contributed by atoms with Crippen LogP contribution in [0.4, 0.5) is 24.8 Å². The van der Waals surface area contributed by atoms with Crippen molar-refractivity contribution in [2.75, 3.05) is 10.6 Å². The molecule has 0 bridgehead atoms. The summed E-state index contributed by atoms with van der Waals surface area (Å²) in [6.45, 7) is 1.94. The number of alkyl halides is 3. The summed E-state index contributed by atoms with van der Waals surface area (Å²) in [4.78, 5) is 28.9. The van der Waals surface area contributed by atoms with E-state index in [4.69, 9.17) is 0 Å². The average molecular weight is 415 g/mol. The van der Waals surface area contributed by atoms with Crippen molar-refractivity contribution in [3.05, 3.63) is 59.7 Å². The third-order valence-corrected chi connectivity index (χ3v) is 4.66. The van der Waals surface area contributed by atoms with Gasteiger partial charge in [-0.25, -0.2) is 4.68 Å². The molecule has 0 radical (unpaired) electrons. The molecule has 3 aromatic rings. The van der Waals surface area contributed by atoms with Crippen molar-refractivity contribution >= 4 is 23.5 Å². The number of rotatable bonds is 4. The highest BCUT2D eigenvalue weighted by Crippen LogP contribution is 2.35. The normalized spacial score (nSPS) is 15.6. The molecule has 2 amide bonds. The molecule has 2 heterocycles. The van der Waals surface area contributed by atoms with Gasteiger partial charge in [0.1, 0.15) is 6.04 Å². The molecule has 2 aromatic carbocycles. The zero-order chi connectivity index (χ0) is 21.5. The Kier molecular flexibility index (Phi) is 4.76. The van der Waals surface area contributed by atoms with Gasteiger partial charge < -0.3 is 5.32 Å². The molecular formula is C20H16F3N5O2. The summed E-state index contributed by atoms with van der Waals surface area (Å²) in [5, 5.41) is 9.09. The Balaban J connectivity index is 1.53. The number of anilines is 2. The summed E-state index contributed by atoms with van der Waals surface area (Å²) in [7, 11) is 0. The fraction of sp³-hybridized carbons (Fsp3) is 0.200. The van der Waals surface area contributed by atoms with E-state index in [1.54, 1.807) is 0 Å². The van der Waals surface area contributed by atoms with Crippen molar-refractivity contribution in [3.63, 3.8) is 0 Å². The lowest BCUT2D eigenvalue weighted by atomic mass is 10.1. The summed E-state index contributed by atoms with van der Waals surface area (Å²) < 4.78 is 40.6. The van der Waals surface area contributed by atoms with Gasteiger partial charge in [0, 0.05) is 5.56 Å². The number of hydrogen-bond donors (Lipinski definition) is 2. The van der Waals surface area contributed by atoms with Gasteiger partial charge in [-0.1, -0.05) is 42.0 Å². The van der Waals surface area contributed by atoms with Crippen molar-refractivity contribution in [1.29, 1.82) is 0 Å². The predicted molar refractivity (Wildman–Crippen MR) is 103 cm³/mol. The van der Waals surface area contributed by atoms with Crippen LogP contribution in [0.15, 0.2) is 48.5 Å². The molecule has 1 aliphatic heterocycles. The Bertz CT molecular complexity index is 1120. The smallest absolute Gasteiger partial charge is 0.325 e. The van der Waals surface area contributed by atoms with Gasteiger partial charge in [-0.2, -0.15) is 18.2 Å². The lowest BCUT2D eigenvalue weighted by Gasteiger charge is -2.14. The van der Waals surface area contributed by atoms with Gasteiger partial charge in [0.05, 0.1) is 17.7 Å². The van der Waals surface area contributed by atoms with E-state index in [1.165, 1.54) is 16.8 Å². The van der Waals surface area contributed by atoms with Crippen LogP contribution in [-0.2, 0) is 15.8 Å². The monoisotopic (exact) mass is 415 g/mol. The van der Waals surface area contributed by atoms with Crippen molar-refractivity contribution < 1.29 is 22.8 Å². The van der Waals surface area contributed by atoms with E-state index in [0.717, 1.165) is 23.3 Å². The minimum atomic E-state index is -4.61. The van der Waals surface area contributed by atoms with Crippen LogP contribution in [0.2, 0.25) is 0 Å². The van der Waals surface area contributed by atoms with Gasteiger partial charge in [-0.15, -0.1) is 5.10 Å². The maximum absolute atomic E-state index is 13.1. The number of nitrogens with zero attached hydrogens (tertiary/aromatic N) is 3. The molecule has 0 aliphatic carbocycles. The molecule has 4 rings (SSSR count). The summed E-state index contributed by atoms with van der Waals surface area (Å²) in [5.41, 5.74) is 0.469. The van der Waals surface area contributed by atoms with Crippen LogP contribution in [0.3, 0.4) is 0 Å². The Morgan fingerprint density at radius 1 is 1.17 bits per heavy atom. The number of carbonyl (C=O) groups is 2. The molecule has 2 N–H and O–H groups in total. The maximum atomic E-state index is 13.1. The molecule has 30 heavy (non-hydrogen) atoms. The van der Waals surface area contributed by atoms with E-state index < -0.39 is 29.6 Å². The largest absolute Gasteiger partial charge is 0.418 e. The third kappa shape index (κ3) is 3.76. The number of amides is 2. The minimum absolute atomic E-state index is 0.184. The maximum Gasteiger partial charge on any atom is 0.418 e. The Morgan fingerprint density at radius 3 is 2.57 bits per heavy atom. The molecule has 1 atom stereocenters. The number of hydrogen-bond acceptors (Lipinski definition) is 4. The topological polar surface area (TPSA) is 88.9 Å². The summed E-state index contributed by atoms with van der Waals surface area (Å²) in [6, 6.07) is 11.1. The second kappa shape index (κ2) is 7.29. The molecule has 0 saturated carbocycles. The van der Waals surface area contributed by atoms with Crippen LogP contribution in [0.1, 0.15) is 23.6 Å². The minimum Gasteiger partial charge on any atom is -0.325 e. The first kappa shape index (κ1) is 19.6. The van der Waals surface area contributed by atoms with E-state index >= 15 is 0 Å². The van der Waals surface area contributed by atoms with Gasteiger partial charge in [0.15, 0.2) is 5.82 Å². The number of benzene rings is 2. The van der Waals surface area contributed by atoms with Crippen LogP contribution in [0, 0.1) is 6.92 Å². The summed E-state index contributed by atoms with van der Waals surface area (Å²) in [5.74, 6) is -0.686. The number of fused-ring (bicyclic) bond motifs is 1. The molecule has 1 aromatic heterocycles. The van der Waals surface area contributed by atoms with E-state index in [1.807, 2.05) is 31.2 Å². The molecular weight excluding hydrogens is 399 g/mol. The zero-order valence-electron chi connectivity index (χ0n) is 15.7. The quantitative estimate of drug-likeness (QED) is 0.679. The van der Waals surface area contributed by atoms with Crippen molar-refractivity contribution in [2.45, 2.75) is 25.6 Å². The highest BCUT2D eigenvalue weighted by Gasteiger charge is 2.37. The van der Waals surface area contributed by atoms with Gasteiger partial charge in [-0.05, 0) is 19.1 Å². The van der Waals surface area contributed by atoms with Crippen molar-refractivity contribution in [3.8, 4) is 11.4 Å². The molecule has 0 saturated heterocycles. The van der Waals surface area contributed by atoms with Gasteiger partial charge in [0.25, 0.3) is 5.91 Å². The van der Waals surface area contributed by atoms with Crippen LogP contribution in [-0.4, -0.2) is 26.6 Å². The van der Waals surface area contributed by atoms with Crippen molar-refractivity contribution in [1.82, 2.24) is 14.8 Å². The number of carbonyl (C=O) groups excluding carboxylic acids is 2. The molecule has 0 fully saturated rings. The van der Waals surface area contributed by atoms with E-state index in [0.29, 0.717) is 5.82 Å². The Morgan fingerprint density at radius 2 is 1.87 bits per heavy atom. The molecule has 154 valence electrons. The van der Waals surface area contributed by atoms with Gasteiger partial charge in [0.2, 0.25) is 11.9 Å². The van der Waals surface area contributed by atoms with E-state index in [2.05, 4.69) is 20.7 Å². The number of halogens is 3. The molecule has 0 unspecified atom stereocenters. The van der Waals surface area contributed by atoms with Gasteiger partial charge in [-0.3, -0.25) is 14.9 Å². The Hall–Kier alpha value is -3.69. The second-order valence-electron chi connectivity index (χ2n) is 6.87. The number of aryl methyl sites for hydroxylation is 1.